The van der Waals surface area contributed by atoms with Crippen molar-refractivity contribution in [3.63, 3.8) is 0 Å². The summed E-state index contributed by atoms with van der Waals surface area (Å²) in [6, 6.07) is 11.7. The lowest BCUT2D eigenvalue weighted by Crippen LogP contribution is -2.44. The van der Waals surface area contributed by atoms with Crippen LogP contribution in [-0.2, 0) is 19.5 Å². The highest BCUT2D eigenvalue weighted by Crippen LogP contribution is 2.33. The Balaban J connectivity index is 1.41. The monoisotopic (exact) mass is 432 g/mol. The summed E-state index contributed by atoms with van der Waals surface area (Å²) in [4.78, 5) is 17.3. The van der Waals surface area contributed by atoms with E-state index < -0.39 is 0 Å². The third kappa shape index (κ3) is 4.32. The second-order valence-corrected chi connectivity index (χ2v) is 9.80. The first-order valence-electron chi connectivity index (χ1n) is 12.1. The molecular weight excluding hydrogens is 396 g/mol. The Kier molecular flexibility index (Phi) is 6.26. The molecule has 1 saturated heterocycles. The molecule has 0 N–H and O–H groups in total. The number of aromatic nitrogens is 3. The normalized spacial score (nSPS) is 22.0. The van der Waals surface area contributed by atoms with E-state index in [0.29, 0.717) is 12.1 Å². The Labute approximate surface area is 191 Å². The van der Waals surface area contributed by atoms with Crippen molar-refractivity contribution in [2.75, 3.05) is 34.2 Å². The average Bonchev–Trinajstić information content (AvgIpc) is 3.15. The Morgan fingerprint density at radius 3 is 2.84 bits per heavy atom. The van der Waals surface area contributed by atoms with Gasteiger partial charge in [-0.2, -0.15) is 0 Å². The number of rotatable bonds is 6. The fourth-order valence-corrected chi connectivity index (χ4v) is 5.56. The molecule has 3 aromatic heterocycles. The summed E-state index contributed by atoms with van der Waals surface area (Å²) >= 11 is 0. The first-order chi connectivity index (χ1) is 15.6. The molecule has 170 valence electrons. The maximum atomic E-state index is 5.09. The fourth-order valence-electron chi connectivity index (χ4n) is 5.56. The van der Waals surface area contributed by atoms with Crippen LogP contribution in [0.3, 0.4) is 0 Å². The van der Waals surface area contributed by atoms with E-state index in [1.54, 1.807) is 0 Å². The van der Waals surface area contributed by atoms with Gasteiger partial charge >= 0.3 is 0 Å². The number of imidazole rings is 1. The van der Waals surface area contributed by atoms with Gasteiger partial charge < -0.3 is 9.30 Å². The zero-order valence-electron chi connectivity index (χ0n) is 19.7. The highest BCUT2D eigenvalue weighted by molar-refractivity contribution is 5.43. The zero-order valence-corrected chi connectivity index (χ0v) is 19.7. The lowest BCUT2D eigenvalue weighted by Gasteiger charge is -2.36. The van der Waals surface area contributed by atoms with E-state index in [9.17, 15) is 0 Å². The van der Waals surface area contributed by atoms with Crippen LogP contribution >= 0.6 is 0 Å². The van der Waals surface area contributed by atoms with Gasteiger partial charge in [0, 0.05) is 38.1 Å². The van der Waals surface area contributed by atoms with Gasteiger partial charge in [0.25, 0.3) is 0 Å². The molecule has 1 aliphatic carbocycles. The molecule has 2 atom stereocenters. The maximum Gasteiger partial charge on any atom is 0.137 e. The largest absolute Gasteiger partial charge is 0.305 e. The van der Waals surface area contributed by atoms with Crippen molar-refractivity contribution in [1.29, 1.82) is 0 Å². The summed E-state index contributed by atoms with van der Waals surface area (Å²) in [5.41, 5.74) is 6.26. The first kappa shape index (κ1) is 21.6. The van der Waals surface area contributed by atoms with Crippen LogP contribution in [0.15, 0.2) is 42.7 Å². The third-order valence-electron chi connectivity index (χ3n) is 7.39. The summed E-state index contributed by atoms with van der Waals surface area (Å²) in [6.45, 7) is 4.10. The summed E-state index contributed by atoms with van der Waals surface area (Å²) in [5, 5.41) is 0. The van der Waals surface area contributed by atoms with Crippen molar-refractivity contribution in [2.45, 2.75) is 57.3 Å². The molecule has 0 spiro atoms. The number of likely N-dealkylation sites (N-methyl/N-ethyl adjacent to an activating group) is 1. The van der Waals surface area contributed by atoms with Crippen LogP contribution in [0.4, 0.5) is 0 Å². The third-order valence-corrected chi connectivity index (χ3v) is 7.39. The van der Waals surface area contributed by atoms with Gasteiger partial charge in [-0.3, -0.25) is 14.8 Å². The lowest BCUT2D eigenvalue weighted by molar-refractivity contribution is 0.125. The minimum absolute atomic E-state index is 0.366. The first-order valence-corrected chi connectivity index (χ1v) is 12.1. The number of hydrogen-bond acceptors (Lipinski definition) is 5. The van der Waals surface area contributed by atoms with Crippen LogP contribution in [-0.4, -0.2) is 69.3 Å². The van der Waals surface area contributed by atoms with E-state index in [1.807, 2.05) is 6.20 Å². The van der Waals surface area contributed by atoms with Gasteiger partial charge in [-0.1, -0.05) is 12.1 Å². The molecule has 0 radical (unpaired) electrons. The number of hydrogen-bond donors (Lipinski definition) is 0. The molecule has 1 fully saturated rings. The Bertz CT molecular complexity index is 1060. The number of nitrogens with zero attached hydrogens (tertiary/aromatic N) is 6. The fraction of sp³-hybridized carbons (Fsp3) is 0.538. The number of piperidine rings is 1. The van der Waals surface area contributed by atoms with Crippen LogP contribution in [0.25, 0.3) is 5.65 Å². The van der Waals surface area contributed by atoms with Gasteiger partial charge in [0.2, 0.25) is 0 Å². The van der Waals surface area contributed by atoms with Crippen molar-refractivity contribution in [3.8, 4) is 0 Å². The maximum absolute atomic E-state index is 5.09. The van der Waals surface area contributed by atoms with E-state index in [0.717, 1.165) is 31.7 Å². The van der Waals surface area contributed by atoms with Crippen LogP contribution in [0.5, 0.6) is 0 Å². The molecule has 1 aliphatic heterocycles. The summed E-state index contributed by atoms with van der Waals surface area (Å²) in [7, 11) is 6.66. The standard InChI is InChI=1S/C26H36N6/c1-29(2)21-11-8-15-31(17-21)19-24-22(28-25-13-4-5-16-32(24)25)18-30(3)23-12-6-9-20-10-7-14-27-26(20)23/h4-5,7,10,13-14,16,21,23H,6,8-9,11-12,15,17-19H2,1-3H3/t21?,23-/m0/s1. The SMILES string of the molecule is CN(C)C1CCCN(Cc2c(CN(C)[C@H]3CCCc4cccnc43)nc3ccccn23)C1. The van der Waals surface area contributed by atoms with E-state index in [1.165, 1.54) is 54.9 Å². The average molecular weight is 433 g/mol. The summed E-state index contributed by atoms with van der Waals surface area (Å²) in [6.07, 6.45) is 10.2. The van der Waals surface area contributed by atoms with Crippen molar-refractivity contribution in [3.05, 3.63) is 65.4 Å². The number of pyridine rings is 2. The molecule has 0 saturated carbocycles. The molecule has 6 heteroatoms. The molecule has 3 aromatic rings. The quantitative estimate of drug-likeness (QED) is 0.593. The second-order valence-electron chi connectivity index (χ2n) is 9.80. The molecule has 32 heavy (non-hydrogen) atoms. The second kappa shape index (κ2) is 9.30. The predicted molar refractivity (Wildman–Crippen MR) is 129 cm³/mol. The predicted octanol–water partition coefficient (Wildman–Crippen LogP) is 3.76. The van der Waals surface area contributed by atoms with Crippen molar-refractivity contribution in [2.24, 2.45) is 0 Å². The van der Waals surface area contributed by atoms with Gasteiger partial charge in [-0.05, 0) is 83.6 Å². The zero-order chi connectivity index (χ0) is 22.1. The molecule has 0 amide bonds. The summed E-state index contributed by atoms with van der Waals surface area (Å²) < 4.78 is 2.30. The Hall–Kier alpha value is -2.28. The molecule has 0 bridgehead atoms. The van der Waals surface area contributed by atoms with Gasteiger partial charge in [0.15, 0.2) is 0 Å². The van der Waals surface area contributed by atoms with Crippen LogP contribution in [0, 0.1) is 0 Å². The smallest absolute Gasteiger partial charge is 0.137 e. The molecule has 5 rings (SSSR count). The molecule has 6 nitrogen and oxygen atoms in total. The van der Waals surface area contributed by atoms with E-state index in [4.69, 9.17) is 9.97 Å². The van der Waals surface area contributed by atoms with Gasteiger partial charge in [-0.15, -0.1) is 0 Å². The van der Waals surface area contributed by atoms with Crippen molar-refractivity contribution in [1.82, 2.24) is 29.1 Å². The molecule has 4 heterocycles. The van der Waals surface area contributed by atoms with Gasteiger partial charge in [-0.25, -0.2) is 4.98 Å². The van der Waals surface area contributed by atoms with Crippen LogP contribution in [0.2, 0.25) is 0 Å². The minimum atomic E-state index is 0.366. The van der Waals surface area contributed by atoms with E-state index in [-0.39, 0.29) is 0 Å². The Morgan fingerprint density at radius 1 is 1.06 bits per heavy atom. The number of likely N-dealkylation sites (tertiary alicyclic amines) is 1. The molecule has 1 unspecified atom stereocenters. The van der Waals surface area contributed by atoms with Crippen molar-refractivity contribution < 1.29 is 0 Å². The number of aryl methyl sites for hydroxylation is 1. The van der Waals surface area contributed by atoms with E-state index in [2.05, 4.69) is 76.8 Å². The van der Waals surface area contributed by atoms with Crippen molar-refractivity contribution >= 4 is 5.65 Å². The molecule has 0 aromatic carbocycles. The van der Waals surface area contributed by atoms with Crippen LogP contribution in [0.1, 0.15) is 54.4 Å². The number of fused-ring (bicyclic) bond motifs is 2. The highest BCUT2D eigenvalue weighted by Gasteiger charge is 2.28. The van der Waals surface area contributed by atoms with Crippen LogP contribution < -0.4 is 0 Å². The summed E-state index contributed by atoms with van der Waals surface area (Å²) in [5.74, 6) is 0. The van der Waals surface area contributed by atoms with Gasteiger partial charge in [0.1, 0.15) is 5.65 Å². The highest BCUT2D eigenvalue weighted by atomic mass is 15.2. The lowest BCUT2D eigenvalue weighted by atomic mass is 9.91. The Morgan fingerprint density at radius 2 is 1.97 bits per heavy atom. The van der Waals surface area contributed by atoms with Gasteiger partial charge in [0.05, 0.1) is 23.1 Å². The molecule has 2 aliphatic rings. The molecular formula is C26H36N6. The van der Waals surface area contributed by atoms with E-state index >= 15 is 0 Å². The topological polar surface area (TPSA) is 39.9 Å². The minimum Gasteiger partial charge on any atom is -0.305 e.